The Bertz CT molecular complexity index is 1030. The van der Waals surface area contributed by atoms with Gasteiger partial charge < -0.3 is 19.7 Å². The number of nitrogens with zero attached hydrogens (tertiary/aromatic N) is 3. The van der Waals surface area contributed by atoms with E-state index in [-0.39, 0.29) is 37.7 Å². The molecule has 0 atom stereocenters. The summed E-state index contributed by atoms with van der Waals surface area (Å²) in [6.07, 6.45) is 0. The van der Waals surface area contributed by atoms with Crippen LogP contribution in [-0.2, 0) is 6.54 Å². The minimum atomic E-state index is -0.308. The van der Waals surface area contributed by atoms with Gasteiger partial charge in [0.1, 0.15) is 0 Å². The van der Waals surface area contributed by atoms with Crippen molar-refractivity contribution in [2.75, 3.05) is 46.1 Å². The highest BCUT2D eigenvalue weighted by Gasteiger charge is 2.34. The Morgan fingerprint density at radius 1 is 0.906 bits per heavy atom. The van der Waals surface area contributed by atoms with Crippen molar-refractivity contribution in [1.29, 1.82) is 0 Å². The molecule has 0 aliphatic carbocycles. The van der Waals surface area contributed by atoms with Gasteiger partial charge in [-0.2, -0.15) is 0 Å². The fraction of sp³-hybridized carbons (Fsp3) is 0.348. The highest BCUT2D eigenvalue weighted by atomic mass is 16.7. The molecule has 1 N–H and O–H groups in total. The fourth-order valence-corrected chi connectivity index (χ4v) is 4.24. The average molecular weight is 436 g/mol. The molecule has 32 heavy (non-hydrogen) atoms. The van der Waals surface area contributed by atoms with Crippen LogP contribution in [0.1, 0.15) is 26.3 Å². The normalized spacial score (nSPS) is 17.6. The number of urea groups is 1. The van der Waals surface area contributed by atoms with Crippen molar-refractivity contribution in [3.8, 4) is 11.5 Å². The number of piperazine rings is 1. The standard InChI is InChI=1S/C23H24N4O5/c28-21-17-3-1-2-4-18(17)22(29)27(21)8-7-24-23(30)26-11-9-25(10-12-26)14-16-5-6-19-20(13-16)32-15-31-19/h1-6,13H,7-12,14-15H2,(H,24,30). The van der Waals surface area contributed by atoms with Gasteiger partial charge in [0.2, 0.25) is 6.79 Å². The van der Waals surface area contributed by atoms with E-state index in [1.807, 2.05) is 18.2 Å². The van der Waals surface area contributed by atoms with E-state index in [0.29, 0.717) is 24.2 Å². The van der Waals surface area contributed by atoms with Crippen molar-refractivity contribution in [2.45, 2.75) is 6.54 Å². The second kappa shape index (κ2) is 8.51. The van der Waals surface area contributed by atoms with Gasteiger partial charge in [-0.05, 0) is 29.8 Å². The summed E-state index contributed by atoms with van der Waals surface area (Å²) in [4.78, 5) is 42.6. The summed E-state index contributed by atoms with van der Waals surface area (Å²) < 4.78 is 10.8. The summed E-state index contributed by atoms with van der Waals surface area (Å²) in [5, 5.41) is 2.83. The molecule has 0 radical (unpaired) electrons. The highest BCUT2D eigenvalue weighted by Crippen LogP contribution is 2.32. The van der Waals surface area contributed by atoms with Crippen LogP contribution in [0.5, 0.6) is 11.5 Å². The van der Waals surface area contributed by atoms with Gasteiger partial charge in [-0.25, -0.2) is 4.79 Å². The van der Waals surface area contributed by atoms with Gasteiger partial charge in [0.05, 0.1) is 11.1 Å². The molecule has 0 unspecified atom stereocenters. The third kappa shape index (κ3) is 3.87. The van der Waals surface area contributed by atoms with E-state index in [1.165, 1.54) is 4.90 Å². The lowest BCUT2D eigenvalue weighted by Gasteiger charge is -2.34. The lowest BCUT2D eigenvalue weighted by Crippen LogP contribution is -2.52. The molecule has 1 saturated heterocycles. The van der Waals surface area contributed by atoms with Crippen molar-refractivity contribution in [2.24, 2.45) is 0 Å². The van der Waals surface area contributed by atoms with Crippen LogP contribution in [0.2, 0.25) is 0 Å². The van der Waals surface area contributed by atoms with Crippen LogP contribution in [0.15, 0.2) is 42.5 Å². The first kappa shape index (κ1) is 20.3. The first-order chi connectivity index (χ1) is 15.6. The topological polar surface area (TPSA) is 91.4 Å². The minimum absolute atomic E-state index is 0.155. The summed E-state index contributed by atoms with van der Waals surface area (Å²) >= 11 is 0. The van der Waals surface area contributed by atoms with Gasteiger partial charge in [-0.15, -0.1) is 0 Å². The number of fused-ring (bicyclic) bond motifs is 2. The van der Waals surface area contributed by atoms with E-state index < -0.39 is 0 Å². The molecule has 5 rings (SSSR count). The van der Waals surface area contributed by atoms with Gasteiger partial charge in [0.25, 0.3) is 11.8 Å². The van der Waals surface area contributed by atoms with Crippen molar-refractivity contribution in [3.63, 3.8) is 0 Å². The second-order valence-electron chi connectivity index (χ2n) is 7.99. The Kier molecular flexibility index (Phi) is 5.40. The molecule has 3 heterocycles. The Balaban J connectivity index is 1.06. The third-order valence-electron chi connectivity index (χ3n) is 5.99. The summed E-state index contributed by atoms with van der Waals surface area (Å²) in [5.41, 5.74) is 1.98. The number of hydrogen-bond donors (Lipinski definition) is 1. The molecule has 9 heteroatoms. The number of hydrogen-bond acceptors (Lipinski definition) is 6. The molecule has 0 saturated carbocycles. The molecule has 4 amide bonds. The SMILES string of the molecule is O=C(NCCN1C(=O)c2ccccc2C1=O)N1CCN(Cc2ccc3c(c2)OCO3)CC1. The third-order valence-corrected chi connectivity index (χ3v) is 5.99. The van der Waals surface area contributed by atoms with Crippen LogP contribution in [0, 0.1) is 0 Å². The smallest absolute Gasteiger partial charge is 0.317 e. The highest BCUT2D eigenvalue weighted by molar-refractivity contribution is 6.21. The van der Waals surface area contributed by atoms with E-state index in [4.69, 9.17) is 9.47 Å². The molecule has 3 aliphatic rings. The maximum Gasteiger partial charge on any atom is 0.317 e. The molecule has 0 spiro atoms. The van der Waals surface area contributed by atoms with Crippen LogP contribution in [0.25, 0.3) is 0 Å². The molecule has 0 bridgehead atoms. The van der Waals surface area contributed by atoms with E-state index in [1.54, 1.807) is 29.2 Å². The molecular formula is C23H24N4O5. The molecule has 2 aromatic rings. The zero-order valence-corrected chi connectivity index (χ0v) is 17.6. The molecule has 166 valence electrons. The monoisotopic (exact) mass is 436 g/mol. The lowest BCUT2D eigenvalue weighted by molar-refractivity contribution is 0.0654. The first-order valence-corrected chi connectivity index (χ1v) is 10.7. The predicted molar refractivity (Wildman–Crippen MR) is 115 cm³/mol. The predicted octanol–water partition coefficient (Wildman–Crippen LogP) is 1.54. The number of imide groups is 1. The Hall–Kier alpha value is -3.59. The van der Waals surface area contributed by atoms with Crippen molar-refractivity contribution in [3.05, 3.63) is 59.2 Å². The number of rotatable bonds is 5. The average Bonchev–Trinajstić information content (AvgIpc) is 3.38. The second-order valence-corrected chi connectivity index (χ2v) is 7.99. The largest absolute Gasteiger partial charge is 0.454 e. The zero-order chi connectivity index (χ0) is 22.1. The summed E-state index contributed by atoms with van der Waals surface area (Å²) in [6.45, 7) is 4.18. The molecule has 0 aromatic heterocycles. The van der Waals surface area contributed by atoms with Crippen LogP contribution in [-0.4, -0.2) is 78.6 Å². The van der Waals surface area contributed by atoms with Crippen molar-refractivity contribution >= 4 is 17.8 Å². The number of carbonyl (C=O) groups excluding carboxylic acids is 3. The van der Waals surface area contributed by atoms with E-state index in [9.17, 15) is 14.4 Å². The van der Waals surface area contributed by atoms with Crippen LogP contribution >= 0.6 is 0 Å². The van der Waals surface area contributed by atoms with E-state index in [0.717, 1.165) is 36.7 Å². The number of nitrogens with one attached hydrogen (secondary N) is 1. The van der Waals surface area contributed by atoms with E-state index >= 15 is 0 Å². The summed E-state index contributed by atoms with van der Waals surface area (Å²) in [7, 11) is 0. The maximum atomic E-state index is 12.5. The number of amides is 4. The van der Waals surface area contributed by atoms with Crippen LogP contribution in [0.3, 0.4) is 0 Å². The zero-order valence-electron chi connectivity index (χ0n) is 17.6. The van der Waals surface area contributed by atoms with Crippen molar-refractivity contribution in [1.82, 2.24) is 20.0 Å². The summed E-state index contributed by atoms with van der Waals surface area (Å²) in [5.74, 6) is 0.934. The lowest BCUT2D eigenvalue weighted by atomic mass is 10.1. The van der Waals surface area contributed by atoms with E-state index in [2.05, 4.69) is 10.2 Å². The van der Waals surface area contributed by atoms with Gasteiger partial charge in [0.15, 0.2) is 11.5 Å². The fourth-order valence-electron chi connectivity index (χ4n) is 4.24. The molecular weight excluding hydrogens is 412 g/mol. The van der Waals surface area contributed by atoms with Gasteiger partial charge in [0, 0.05) is 45.8 Å². The number of benzene rings is 2. The molecule has 3 aliphatic heterocycles. The molecule has 1 fully saturated rings. The number of ether oxygens (including phenoxy) is 2. The number of carbonyl (C=O) groups is 3. The van der Waals surface area contributed by atoms with Gasteiger partial charge in [-0.1, -0.05) is 18.2 Å². The summed E-state index contributed by atoms with van der Waals surface area (Å²) in [6, 6.07) is 12.6. The Labute approximate surface area is 185 Å². The minimum Gasteiger partial charge on any atom is -0.454 e. The Morgan fingerprint density at radius 2 is 1.59 bits per heavy atom. The molecule has 2 aromatic carbocycles. The maximum absolute atomic E-state index is 12.5. The first-order valence-electron chi connectivity index (χ1n) is 10.7. The van der Waals surface area contributed by atoms with Gasteiger partial charge >= 0.3 is 6.03 Å². The van der Waals surface area contributed by atoms with Crippen molar-refractivity contribution < 1.29 is 23.9 Å². The van der Waals surface area contributed by atoms with Crippen LogP contribution < -0.4 is 14.8 Å². The Morgan fingerprint density at radius 3 is 2.31 bits per heavy atom. The molecule has 9 nitrogen and oxygen atoms in total. The van der Waals surface area contributed by atoms with Crippen LogP contribution in [0.4, 0.5) is 4.79 Å². The quantitative estimate of drug-likeness (QED) is 0.715. The van der Waals surface area contributed by atoms with Gasteiger partial charge in [-0.3, -0.25) is 19.4 Å².